The van der Waals surface area contributed by atoms with Crippen LogP contribution in [0, 0.1) is 0 Å². The van der Waals surface area contributed by atoms with Crippen molar-refractivity contribution in [2.75, 3.05) is 9.44 Å². The number of hydrogen-bond donors (Lipinski definition) is 2. The summed E-state index contributed by atoms with van der Waals surface area (Å²) < 4.78 is 57.8. The average molecular weight is 523 g/mol. The smallest absolute Gasteiger partial charge is 0.262 e. The highest BCUT2D eigenvalue weighted by molar-refractivity contribution is 7.93. The van der Waals surface area contributed by atoms with E-state index >= 15 is 0 Å². The molecule has 184 valence electrons. The van der Waals surface area contributed by atoms with E-state index in [4.69, 9.17) is 0 Å². The molecule has 0 heterocycles. The van der Waals surface area contributed by atoms with Crippen molar-refractivity contribution in [3.05, 3.63) is 96.1 Å². The Balaban J connectivity index is 1.71. The first kappa shape index (κ1) is 25.1. The number of hydrogen-bond acceptors (Lipinski definition) is 6. The number of Topliss-reactive ketones (excluding diaryl/α,β-unsaturated/α-hetero) is 2. The zero-order chi connectivity index (χ0) is 26.1. The van der Waals surface area contributed by atoms with Gasteiger partial charge in [0.1, 0.15) is 0 Å². The molecule has 10 heteroatoms. The third-order valence-corrected chi connectivity index (χ3v) is 8.39. The molecule has 0 spiro atoms. The van der Waals surface area contributed by atoms with Crippen LogP contribution in [0.1, 0.15) is 34.6 Å². The number of carbonyl (C=O) groups is 2. The monoisotopic (exact) mass is 522 g/mol. The molecule has 0 fully saturated rings. The van der Waals surface area contributed by atoms with Crippen LogP contribution in [0.5, 0.6) is 0 Å². The Morgan fingerprint density at radius 2 is 0.861 bits per heavy atom. The van der Waals surface area contributed by atoms with Crippen molar-refractivity contribution < 1.29 is 26.4 Å². The van der Waals surface area contributed by atoms with Crippen molar-refractivity contribution in [1.29, 1.82) is 0 Å². The molecule has 36 heavy (non-hydrogen) atoms. The second kappa shape index (κ2) is 9.56. The van der Waals surface area contributed by atoms with E-state index in [9.17, 15) is 26.4 Å². The Morgan fingerprint density at radius 1 is 0.528 bits per heavy atom. The minimum Gasteiger partial charge on any atom is -0.295 e. The number of anilines is 2. The Morgan fingerprint density at radius 3 is 1.17 bits per heavy atom. The van der Waals surface area contributed by atoms with Gasteiger partial charge in [0, 0.05) is 33.3 Å². The Kier molecular flexibility index (Phi) is 6.66. The van der Waals surface area contributed by atoms with Crippen LogP contribution in [0.4, 0.5) is 11.4 Å². The summed E-state index contributed by atoms with van der Waals surface area (Å²) in [6.45, 7) is 2.83. The Bertz CT molecular complexity index is 1570. The lowest BCUT2D eigenvalue weighted by molar-refractivity contribution is 0.100. The molecule has 4 aromatic carbocycles. The highest BCUT2D eigenvalue weighted by Gasteiger charge is 2.23. The highest BCUT2D eigenvalue weighted by atomic mass is 32.2. The van der Waals surface area contributed by atoms with Gasteiger partial charge in [0.05, 0.1) is 9.79 Å². The largest absolute Gasteiger partial charge is 0.295 e. The SMILES string of the molecule is CC(=O)c1ccc(NS(=O)(=O)c2cccc3c(S(=O)(=O)Nc4ccc(C(C)=O)cc4)cccc23)cc1. The van der Waals surface area contributed by atoms with E-state index < -0.39 is 20.0 Å². The first-order chi connectivity index (χ1) is 17.0. The minimum atomic E-state index is -4.09. The summed E-state index contributed by atoms with van der Waals surface area (Å²) >= 11 is 0. The number of ketones is 2. The quantitative estimate of drug-likeness (QED) is 0.319. The van der Waals surface area contributed by atoms with Crippen LogP contribution in [0.15, 0.2) is 94.7 Å². The first-order valence-electron chi connectivity index (χ1n) is 10.8. The third kappa shape index (κ3) is 5.14. The summed E-state index contributed by atoms with van der Waals surface area (Å²) in [4.78, 5) is 22.7. The first-order valence-corrected chi connectivity index (χ1v) is 13.7. The van der Waals surface area contributed by atoms with Crippen LogP contribution >= 0.6 is 0 Å². The fraction of sp³-hybridized carbons (Fsp3) is 0.0769. The molecular formula is C26H22N2O6S2. The zero-order valence-electron chi connectivity index (χ0n) is 19.3. The molecule has 0 saturated carbocycles. The highest BCUT2D eigenvalue weighted by Crippen LogP contribution is 2.30. The summed E-state index contributed by atoms with van der Waals surface area (Å²) in [6.07, 6.45) is 0. The van der Waals surface area contributed by atoms with Crippen LogP contribution in [0.25, 0.3) is 10.8 Å². The molecule has 0 bridgehead atoms. The fourth-order valence-electron chi connectivity index (χ4n) is 3.69. The summed E-state index contributed by atoms with van der Waals surface area (Å²) in [7, 11) is -8.18. The number of nitrogens with one attached hydrogen (secondary N) is 2. The van der Waals surface area contributed by atoms with E-state index in [2.05, 4.69) is 9.44 Å². The van der Waals surface area contributed by atoms with Crippen LogP contribution < -0.4 is 9.44 Å². The van der Waals surface area contributed by atoms with Gasteiger partial charge in [-0.1, -0.05) is 24.3 Å². The number of carbonyl (C=O) groups excluding carboxylic acids is 2. The molecule has 0 unspecified atom stereocenters. The maximum Gasteiger partial charge on any atom is 0.262 e. The molecule has 0 aromatic heterocycles. The van der Waals surface area contributed by atoms with E-state index in [1.54, 1.807) is 0 Å². The Hall–Kier alpha value is -4.02. The van der Waals surface area contributed by atoms with Gasteiger partial charge >= 0.3 is 0 Å². The van der Waals surface area contributed by atoms with Crippen molar-refractivity contribution in [2.24, 2.45) is 0 Å². The normalized spacial score (nSPS) is 11.7. The van der Waals surface area contributed by atoms with Crippen LogP contribution in [-0.4, -0.2) is 28.4 Å². The summed E-state index contributed by atoms with van der Waals surface area (Å²) in [5.74, 6) is -0.286. The van der Waals surface area contributed by atoms with Gasteiger partial charge in [-0.15, -0.1) is 0 Å². The van der Waals surface area contributed by atoms with Crippen molar-refractivity contribution in [2.45, 2.75) is 23.6 Å². The van der Waals surface area contributed by atoms with Gasteiger partial charge in [0.25, 0.3) is 20.0 Å². The molecule has 0 aliphatic rings. The van der Waals surface area contributed by atoms with Crippen molar-refractivity contribution >= 4 is 53.8 Å². The van der Waals surface area contributed by atoms with Gasteiger partial charge in [-0.25, -0.2) is 16.8 Å². The Labute approximate surface area is 209 Å². The zero-order valence-corrected chi connectivity index (χ0v) is 21.0. The molecule has 2 N–H and O–H groups in total. The maximum absolute atomic E-state index is 13.2. The van der Waals surface area contributed by atoms with E-state index in [0.717, 1.165) is 0 Å². The van der Waals surface area contributed by atoms with Gasteiger partial charge in [-0.3, -0.25) is 19.0 Å². The average Bonchev–Trinajstić information content (AvgIpc) is 2.83. The van der Waals surface area contributed by atoms with Gasteiger partial charge in [0.15, 0.2) is 11.6 Å². The molecule has 0 atom stereocenters. The number of sulfonamides is 2. The summed E-state index contributed by atoms with van der Waals surface area (Å²) in [6, 6.07) is 20.8. The molecule has 4 rings (SSSR count). The van der Waals surface area contributed by atoms with Crippen LogP contribution in [-0.2, 0) is 20.0 Å². The van der Waals surface area contributed by atoms with Crippen molar-refractivity contribution in [3.8, 4) is 0 Å². The molecule has 0 amide bonds. The second-order valence-electron chi connectivity index (χ2n) is 8.09. The third-order valence-electron chi connectivity index (χ3n) is 5.51. The topological polar surface area (TPSA) is 126 Å². The molecule has 0 aliphatic heterocycles. The molecule has 0 saturated heterocycles. The summed E-state index contributed by atoms with van der Waals surface area (Å²) in [5.41, 5.74) is 1.41. The van der Waals surface area contributed by atoms with Gasteiger partial charge in [-0.05, 0) is 74.5 Å². The lowest BCUT2D eigenvalue weighted by Gasteiger charge is -2.14. The minimum absolute atomic E-state index is 0.0986. The van der Waals surface area contributed by atoms with E-state index in [0.29, 0.717) is 11.1 Å². The number of fused-ring (bicyclic) bond motifs is 1. The van der Waals surface area contributed by atoms with Crippen LogP contribution in [0.3, 0.4) is 0 Å². The number of benzene rings is 4. The van der Waals surface area contributed by atoms with E-state index in [-0.39, 0.29) is 43.5 Å². The molecular weight excluding hydrogens is 500 g/mol. The van der Waals surface area contributed by atoms with Crippen molar-refractivity contribution in [3.63, 3.8) is 0 Å². The lowest BCUT2D eigenvalue weighted by atomic mass is 10.1. The van der Waals surface area contributed by atoms with Crippen molar-refractivity contribution in [1.82, 2.24) is 0 Å². The molecule has 0 radical (unpaired) electrons. The van der Waals surface area contributed by atoms with Crippen LogP contribution in [0.2, 0.25) is 0 Å². The predicted octanol–water partition coefficient (Wildman–Crippen LogP) is 4.85. The molecule has 0 aliphatic carbocycles. The summed E-state index contributed by atoms with van der Waals surface area (Å²) in [5, 5.41) is 0.445. The van der Waals surface area contributed by atoms with Gasteiger partial charge in [0.2, 0.25) is 0 Å². The van der Waals surface area contributed by atoms with E-state index in [1.807, 2.05) is 0 Å². The second-order valence-corrected chi connectivity index (χ2v) is 11.4. The van der Waals surface area contributed by atoms with E-state index in [1.165, 1.54) is 98.8 Å². The fourth-order valence-corrected chi connectivity index (χ4v) is 6.25. The van der Waals surface area contributed by atoms with Gasteiger partial charge < -0.3 is 0 Å². The molecule has 8 nitrogen and oxygen atoms in total. The predicted molar refractivity (Wildman–Crippen MR) is 138 cm³/mol. The maximum atomic E-state index is 13.2. The standard InChI is InChI=1S/C26H22N2O6S2/c1-17(29)19-9-13-21(14-10-19)27-35(31,32)25-7-3-6-24-23(25)5-4-8-26(24)36(33,34)28-22-15-11-20(12-16-22)18(2)30/h3-16,27-28H,1-2H3. The lowest BCUT2D eigenvalue weighted by Crippen LogP contribution is -2.15. The van der Waals surface area contributed by atoms with Gasteiger partial charge in [-0.2, -0.15) is 0 Å². The molecule has 4 aromatic rings. The number of rotatable bonds is 8.